The van der Waals surface area contributed by atoms with Crippen LogP contribution in [0.4, 0.5) is 0 Å². The van der Waals surface area contributed by atoms with Gasteiger partial charge in [0.2, 0.25) is 0 Å². The molecule has 5 nitrogen and oxygen atoms in total. The van der Waals surface area contributed by atoms with Crippen LogP contribution in [0, 0.1) is 0 Å². The van der Waals surface area contributed by atoms with Crippen molar-refractivity contribution in [3.8, 4) is 0 Å². The Labute approximate surface area is 46.1 Å². The standard InChI is InChI=1S/H3NO4S2/c2-7(3,4)5-1-6/h1,6H,(H,2,3,4). The normalized spacial score (nSPS) is 11.7. The molecular weight excluding hydrogens is 142 g/mol. The van der Waals surface area contributed by atoms with Crippen molar-refractivity contribution in [3.63, 3.8) is 0 Å². The highest BCUT2D eigenvalue weighted by molar-refractivity contribution is 7.82. The molecule has 0 radical (unpaired) electrons. The summed E-state index contributed by atoms with van der Waals surface area (Å²) >= 11 is 3.10. The summed E-state index contributed by atoms with van der Waals surface area (Å²) in [7, 11) is -4.36. The van der Waals surface area contributed by atoms with Crippen LogP contribution >= 0.6 is 12.8 Å². The zero-order valence-electron chi connectivity index (χ0n) is 3.03. The summed E-state index contributed by atoms with van der Waals surface area (Å²) in [5, 5.41) is 0. The van der Waals surface area contributed by atoms with Gasteiger partial charge in [-0.05, 0) is 0 Å². The second kappa shape index (κ2) is 2.48. The Bertz CT molecular complexity index is 123. The topological polar surface area (TPSA) is 75.6 Å². The molecule has 0 bridgehead atoms. The van der Waals surface area contributed by atoms with E-state index in [0.717, 1.165) is 0 Å². The first-order valence-electron chi connectivity index (χ1n) is 1.11. The van der Waals surface area contributed by atoms with Crippen LogP contribution in [0.2, 0.25) is 0 Å². The van der Waals surface area contributed by atoms with E-state index in [0.29, 0.717) is 0 Å². The van der Waals surface area contributed by atoms with Crippen molar-refractivity contribution in [3.05, 3.63) is 0 Å². The fourth-order valence-electron chi connectivity index (χ4n) is 0.0471. The molecule has 0 fully saturated rings. The highest BCUT2D eigenvalue weighted by atomic mass is 32.3. The molecule has 0 aromatic heterocycles. The number of hydrogen-bond donors (Lipinski definition) is 3. The van der Waals surface area contributed by atoms with Crippen molar-refractivity contribution in [2.24, 2.45) is 0 Å². The van der Waals surface area contributed by atoms with Crippen LogP contribution in [0.3, 0.4) is 0 Å². The van der Waals surface area contributed by atoms with Gasteiger partial charge in [-0.2, -0.15) is 8.42 Å². The lowest BCUT2D eigenvalue weighted by Gasteiger charge is -1.88. The second-order valence-electron chi connectivity index (χ2n) is 0.602. The van der Waals surface area contributed by atoms with E-state index < -0.39 is 10.4 Å². The second-order valence-corrected chi connectivity index (χ2v) is 1.81. The lowest BCUT2D eigenvalue weighted by molar-refractivity contribution is 0.245. The van der Waals surface area contributed by atoms with Gasteiger partial charge in [-0.1, -0.05) is 12.8 Å². The van der Waals surface area contributed by atoms with Gasteiger partial charge in [0.1, 0.15) is 0 Å². The summed E-state index contributed by atoms with van der Waals surface area (Å²) in [6.07, 6.45) is 0. The molecule has 0 saturated heterocycles. The summed E-state index contributed by atoms with van der Waals surface area (Å²) in [4.78, 5) is 1.46. The molecule has 0 aliphatic rings. The molecular formula is H3NO4S2. The maximum absolute atomic E-state index is 9.45. The van der Waals surface area contributed by atoms with Gasteiger partial charge in [0.05, 0.1) is 0 Å². The van der Waals surface area contributed by atoms with E-state index in [9.17, 15) is 8.42 Å². The van der Waals surface area contributed by atoms with Gasteiger partial charge in [-0.3, -0.25) is 4.55 Å². The number of rotatable bonds is 2. The van der Waals surface area contributed by atoms with Crippen LogP contribution in [-0.4, -0.2) is 13.0 Å². The number of nitrogens with one attached hydrogen (secondary N) is 1. The Morgan fingerprint density at radius 1 is 1.71 bits per heavy atom. The van der Waals surface area contributed by atoms with E-state index in [1.54, 1.807) is 0 Å². The Kier molecular flexibility index (Phi) is 2.54. The van der Waals surface area contributed by atoms with E-state index in [2.05, 4.69) is 17.1 Å². The van der Waals surface area contributed by atoms with E-state index in [4.69, 9.17) is 4.55 Å². The third-order valence-corrected chi connectivity index (χ3v) is 0.651. The third-order valence-electron chi connectivity index (χ3n) is 0.143. The molecule has 7 heteroatoms. The lowest BCUT2D eigenvalue weighted by Crippen LogP contribution is -2.09. The first-order valence-corrected chi connectivity index (χ1v) is 2.92. The van der Waals surface area contributed by atoms with E-state index in [1.165, 1.54) is 4.89 Å². The molecule has 0 atom stereocenters. The largest absolute Gasteiger partial charge is 0.414 e. The van der Waals surface area contributed by atoms with E-state index in [-0.39, 0.29) is 0 Å². The van der Waals surface area contributed by atoms with Crippen LogP contribution in [0.5, 0.6) is 0 Å². The lowest BCUT2D eigenvalue weighted by atomic mass is 13.5. The van der Waals surface area contributed by atoms with Gasteiger partial charge < -0.3 is 0 Å². The fourth-order valence-corrected chi connectivity index (χ4v) is 0.424. The fraction of sp³-hybridized carbons (Fsp3) is 0. The van der Waals surface area contributed by atoms with Gasteiger partial charge in [0.25, 0.3) is 0 Å². The predicted octanol–water partition coefficient (Wildman–Crippen LogP) is -0.845. The van der Waals surface area contributed by atoms with Gasteiger partial charge in [-0.25, -0.2) is 0 Å². The molecule has 0 saturated carbocycles. The molecule has 0 aliphatic heterocycles. The van der Waals surface area contributed by atoms with Gasteiger partial charge in [-0.15, -0.1) is 9.17 Å². The van der Waals surface area contributed by atoms with Crippen LogP contribution in [0.15, 0.2) is 0 Å². The highest BCUT2D eigenvalue weighted by Gasteiger charge is 1.99. The first kappa shape index (κ1) is 7.18. The third kappa shape index (κ3) is 6.18. The van der Waals surface area contributed by atoms with Crippen molar-refractivity contribution in [2.45, 2.75) is 0 Å². The molecule has 0 spiro atoms. The smallest absolute Gasteiger partial charge is 0.262 e. The van der Waals surface area contributed by atoms with Crippen molar-refractivity contribution < 1.29 is 17.3 Å². The summed E-state index contributed by atoms with van der Waals surface area (Å²) < 4.78 is 29.9. The molecule has 0 aromatic rings. The first-order chi connectivity index (χ1) is 3.06. The molecule has 0 heterocycles. The molecule has 0 unspecified atom stereocenters. The molecule has 7 heavy (non-hydrogen) atoms. The molecule has 2 N–H and O–H groups in total. The number of thiol groups is 1. The molecule has 0 aromatic carbocycles. The maximum atomic E-state index is 9.45. The average molecular weight is 145 g/mol. The summed E-state index contributed by atoms with van der Waals surface area (Å²) in [5.41, 5.74) is 0. The minimum Gasteiger partial charge on any atom is -0.262 e. The molecule has 0 rings (SSSR count). The molecule has 0 amide bonds. The maximum Gasteiger partial charge on any atom is 0.414 e. The van der Waals surface area contributed by atoms with Crippen molar-refractivity contribution in [1.82, 2.24) is 4.89 Å². The SMILES string of the molecule is O=S(=O)(O)ONS. The average Bonchev–Trinajstić information content (AvgIpc) is 1.30. The Morgan fingerprint density at radius 2 is 2.14 bits per heavy atom. The highest BCUT2D eigenvalue weighted by Crippen LogP contribution is 1.78. The predicted molar refractivity (Wildman–Crippen MR) is 24.8 cm³/mol. The van der Waals surface area contributed by atoms with Crippen molar-refractivity contribution >= 4 is 23.2 Å². The van der Waals surface area contributed by atoms with Gasteiger partial charge in [0.15, 0.2) is 0 Å². The summed E-state index contributed by atoms with van der Waals surface area (Å²) in [6.45, 7) is 0. The zero-order valence-corrected chi connectivity index (χ0v) is 4.74. The minimum absolute atomic E-state index is 1.46. The Hall–Kier alpha value is 0.180. The Balaban J connectivity index is 3.60. The minimum atomic E-state index is -4.36. The van der Waals surface area contributed by atoms with Crippen LogP contribution in [-0.2, 0) is 14.7 Å². The van der Waals surface area contributed by atoms with Crippen LogP contribution in [0.1, 0.15) is 0 Å². The molecule has 44 valence electrons. The van der Waals surface area contributed by atoms with Crippen molar-refractivity contribution in [2.75, 3.05) is 0 Å². The van der Waals surface area contributed by atoms with E-state index in [1.807, 2.05) is 0 Å². The van der Waals surface area contributed by atoms with Crippen molar-refractivity contribution in [1.29, 1.82) is 0 Å². The van der Waals surface area contributed by atoms with Gasteiger partial charge in [0, 0.05) is 0 Å². The zero-order chi connectivity index (χ0) is 5.91. The Morgan fingerprint density at radius 3 is 2.14 bits per heavy atom. The van der Waals surface area contributed by atoms with Crippen LogP contribution in [0.25, 0.3) is 0 Å². The molecule has 0 aliphatic carbocycles. The van der Waals surface area contributed by atoms with Crippen LogP contribution < -0.4 is 4.89 Å². The summed E-state index contributed by atoms with van der Waals surface area (Å²) in [5.74, 6) is 0. The monoisotopic (exact) mass is 145 g/mol. The van der Waals surface area contributed by atoms with E-state index >= 15 is 0 Å². The summed E-state index contributed by atoms with van der Waals surface area (Å²) in [6, 6.07) is 0. The number of hydrogen-bond acceptors (Lipinski definition) is 5. The van der Waals surface area contributed by atoms with Gasteiger partial charge >= 0.3 is 10.4 Å². The quantitative estimate of drug-likeness (QED) is 0.268.